The van der Waals surface area contributed by atoms with Gasteiger partial charge in [-0.3, -0.25) is 19.3 Å². The van der Waals surface area contributed by atoms with E-state index in [9.17, 15) is 14.4 Å². The molecular formula is C23H24N2O4. The number of fused-ring (bicyclic) bond motifs is 1. The molecule has 1 heterocycles. The Morgan fingerprint density at radius 2 is 1.59 bits per heavy atom. The van der Waals surface area contributed by atoms with Gasteiger partial charge in [0.2, 0.25) is 0 Å². The number of ketones is 1. The number of rotatable bonds is 9. The van der Waals surface area contributed by atoms with Crippen LogP contribution in [0.25, 0.3) is 0 Å². The molecule has 0 bridgehead atoms. The SMILES string of the molecule is CN(C)/C=C/C(=O)c1ccc(OCCCCN2C(=O)c3ccccc3C2=O)cc1. The first kappa shape index (κ1) is 20.3. The zero-order valence-electron chi connectivity index (χ0n) is 16.6. The normalized spacial score (nSPS) is 13.1. The standard InChI is InChI=1S/C23H24N2O4/c1-24(2)15-13-21(26)17-9-11-18(12-10-17)29-16-6-5-14-25-22(27)19-7-3-4-8-20(19)23(25)28/h3-4,7-13,15H,5-6,14,16H2,1-2H3/b15-13+. The predicted octanol–water partition coefficient (Wildman–Crippen LogP) is 3.40. The van der Waals surface area contributed by atoms with E-state index in [1.807, 2.05) is 14.1 Å². The molecule has 0 radical (unpaired) electrons. The lowest BCUT2D eigenvalue weighted by molar-refractivity contribution is 0.0649. The highest BCUT2D eigenvalue weighted by Crippen LogP contribution is 2.22. The zero-order valence-corrected chi connectivity index (χ0v) is 16.6. The number of carbonyl (C=O) groups is 3. The molecule has 0 saturated carbocycles. The van der Waals surface area contributed by atoms with Gasteiger partial charge in [0.15, 0.2) is 5.78 Å². The topological polar surface area (TPSA) is 66.9 Å². The molecule has 2 aromatic carbocycles. The number of benzene rings is 2. The van der Waals surface area contributed by atoms with Gasteiger partial charge in [-0.15, -0.1) is 0 Å². The molecule has 6 heteroatoms. The van der Waals surface area contributed by atoms with E-state index in [1.165, 1.54) is 11.0 Å². The Hall–Kier alpha value is -3.41. The van der Waals surface area contributed by atoms with Crippen molar-refractivity contribution in [2.75, 3.05) is 27.2 Å². The molecule has 150 valence electrons. The molecule has 0 aliphatic carbocycles. The van der Waals surface area contributed by atoms with Gasteiger partial charge in [-0.1, -0.05) is 12.1 Å². The van der Waals surface area contributed by atoms with Crippen LogP contribution in [0.4, 0.5) is 0 Å². The lowest BCUT2D eigenvalue weighted by Gasteiger charge is -2.13. The van der Waals surface area contributed by atoms with E-state index >= 15 is 0 Å². The molecule has 3 rings (SSSR count). The van der Waals surface area contributed by atoms with Crippen molar-refractivity contribution in [2.24, 2.45) is 0 Å². The molecule has 29 heavy (non-hydrogen) atoms. The van der Waals surface area contributed by atoms with Gasteiger partial charge in [0.1, 0.15) is 5.75 Å². The zero-order chi connectivity index (χ0) is 20.8. The predicted molar refractivity (Wildman–Crippen MR) is 110 cm³/mol. The fourth-order valence-electron chi connectivity index (χ4n) is 3.03. The van der Waals surface area contributed by atoms with Crippen molar-refractivity contribution >= 4 is 17.6 Å². The third-order valence-corrected chi connectivity index (χ3v) is 4.59. The van der Waals surface area contributed by atoms with Crippen LogP contribution in [0.2, 0.25) is 0 Å². The summed E-state index contributed by atoms with van der Waals surface area (Å²) in [5.74, 6) is 0.162. The summed E-state index contributed by atoms with van der Waals surface area (Å²) in [5.41, 5.74) is 1.55. The maximum Gasteiger partial charge on any atom is 0.261 e. The quantitative estimate of drug-likeness (QED) is 0.283. The summed E-state index contributed by atoms with van der Waals surface area (Å²) < 4.78 is 5.69. The van der Waals surface area contributed by atoms with Crippen molar-refractivity contribution in [3.63, 3.8) is 0 Å². The van der Waals surface area contributed by atoms with Gasteiger partial charge in [0.05, 0.1) is 17.7 Å². The Bertz CT molecular complexity index is 897. The van der Waals surface area contributed by atoms with E-state index in [1.54, 1.807) is 59.6 Å². The summed E-state index contributed by atoms with van der Waals surface area (Å²) in [4.78, 5) is 39.7. The van der Waals surface area contributed by atoms with E-state index in [4.69, 9.17) is 4.74 Å². The van der Waals surface area contributed by atoms with E-state index in [0.717, 1.165) is 0 Å². The average Bonchev–Trinajstić information content (AvgIpc) is 2.97. The highest BCUT2D eigenvalue weighted by Gasteiger charge is 2.34. The van der Waals surface area contributed by atoms with E-state index in [0.29, 0.717) is 48.4 Å². The third-order valence-electron chi connectivity index (χ3n) is 4.59. The number of unbranched alkanes of at least 4 members (excludes halogenated alkanes) is 1. The van der Waals surface area contributed by atoms with Crippen LogP contribution in [0.3, 0.4) is 0 Å². The van der Waals surface area contributed by atoms with Crippen molar-refractivity contribution in [3.05, 3.63) is 77.5 Å². The largest absolute Gasteiger partial charge is 0.494 e. The summed E-state index contributed by atoms with van der Waals surface area (Å²) in [6.45, 7) is 0.846. The van der Waals surface area contributed by atoms with Crippen LogP contribution in [0.5, 0.6) is 5.75 Å². The first-order valence-electron chi connectivity index (χ1n) is 9.54. The number of hydrogen-bond donors (Lipinski definition) is 0. The van der Waals surface area contributed by atoms with Crippen LogP contribution in [0, 0.1) is 0 Å². The van der Waals surface area contributed by atoms with Crippen LogP contribution in [-0.4, -0.2) is 54.6 Å². The molecule has 0 atom stereocenters. The van der Waals surface area contributed by atoms with Crippen LogP contribution in [0.15, 0.2) is 60.8 Å². The number of ether oxygens (including phenoxy) is 1. The van der Waals surface area contributed by atoms with E-state index in [2.05, 4.69) is 0 Å². The minimum Gasteiger partial charge on any atom is -0.494 e. The van der Waals surface area contributed by atoms with Crippen LogP contribution in [-0.2, 0) is 0 Å². The molecule has 0 unspecified atom stereocenters. The molecule has 6 nitrogen and oxygen atoms in total. The Morgan fingerprint density at radius 3 is 2.17 bits per heavy atom. The fourth-order valence-corrected chi connectivity index (χ4v) is 3.03. The smallest absolute Gasteiger partial charge is 0.261 e. The second-order valence-electron chi connectivity index (χ2n) is 7.03. The minimum atomic E-state index is -0.227. The number of hydrogen-bond acceptors (Lipinski definition) is 5. The lowest BCUT2D eigenvalue weighted by Crippen LogP contribution is -2.30. The fraction of sp³-hybridized carbons (Fsp3) is 0.261. The number of amides is 2. The second kappa shape index (κ2) is 9.19. The highest BCUT2D eigenvalue weighted by molar-refractivity contribution is 6.21. The summed E-state index contributed by atoms with van der Waals surface area (Å²) in [6, 6.07) is 13.9. The Balaban J connectivity index is 1.42. The molecule has 0 N–H and O–H groups in total. The molecule has 2 amide bonds. The number of allylic oxidation sites excluding steroid dienone is 1. The van der Waals surface area contributed by atoms with Gasteiger partial charge in [0.25, 0.3) is 11.8 Å². The Kier molecular flexibility index (Phi) is 6.44. The molecule has 0 fully saturated rings. The molecule has 1 aliphatic heterocycles. The number of nitrogens with zero attached hydrogens (tertiary/aromatic N) is 2. The monoisotopic (exact) mass is 392 g/mol. The van der Waals surface area contributed by atoms with Crippen molar-refractivity contribution in [1.82, 2.24) is 9.80 Å². The van der Waals surface area contributed by atoms with Gasteiger partial charge in [-0.25, -0.2) is 0 Å². The molecular weight excluding hydrogens is 368 g/mol. The summed E-state index contributed by atoms with van der Waals surface area (Å²) in [6.07, 6.45) is 4.60. The van der Waals surface area contributed by atoms with Crippen LogP contribution < -0.4 is 4.74 Å². The lowest BCUT2D eigenvalue weighted by atomic mass is 10.1. The summed E-state index contributed by atoms with van der Waals surface area (Å²) >= 11 is 0. The maximum atomic E-state index is 12.3. The number of carbonyl (C=O) groups excluding carboxylic acids is 3. The molecule has 0 saturated heterocycles. The van der Waals surface area contributed by atoms with Crippen molar-refractivity contribution in [1.29, 1.82) is 0 Å². The molecule has 0 aromatic heterocycles. The molecule has 1 aliphatic rings. The first-order valence-corrected chi connectivity index (χ1v) is 9.54. The van der Waals surface area contributed by atoms with Gasteiger partial charge >= 0.3 is 0 Å². The number of imide groups is 1. The minimum absolute atomic E-state index is 0.0637. The van der Waals surface area contributed by atoms with Gasteiger partial charge in [-0.05, 0) is 49.2 Å². The molecule has 0 spiro atoms. The maximum absolute atomic E-state index is 12.3. The van der Waals surface area contributed by atoms with Gasteiger partial charge in [0, 0.05) is 38.5 Å². The second-order valence-corrected chi connectivity index (χ2v) is 7.03. The van der Waals surface area contributed by atoms with Crippen LogP contribution in [0.1, 0.15) is 43.9 Å². The van der Waals surface area contributed by atoms with Gasteiger partial charge in [-0.2, -0.15) is 0 Å². The summed E-state index contributed by atoms with van der Waals surface area (Å²) in [5, 5.41) is 0. The van der Waals surface area contributed by atoms with Gasteiger partial charge < -0.3 is 9.64 Å². The van der Waals surface area contributed by atoms with E-state index < -0.39 is 0 Å². The van der Waals surface area contributed by atoms with Crippen molar-refractivity contribution in [2.45, 2.75) is 12.8 Å². The van der Waals surface area contributed by atoms with E-state index in [-0.39, 0.29) is 17.6 Å². The highest BCUT2D eigenvalue weighted by atomic mass is 16.5. The third kappa shape index (κ3) is 4.90. The summed E-state index contributed by atoms with van der Waals surface area (Å²) in [7, 11) is 3.71. The van der Waals surface area contributed by atoms with Crippen LogP contribution >= 0.6 is 0 Å². The van der Waals surface area contributed by atoms with Crippen molar-refractivity contribution in [3.8, 4) is 5.75 Å². The van der Waals surface area contributed by atoms with Crippen molar-refractivity contribution < 1.29 is 19.1 Å². The first-order chi connectivity index (χ1) is 14.0. The Morgan fingerprint density at radius 1 is 0.966 bits per heavy atom. The molecule has 2 aromatic rings. The Labute approximate surface area is 170 Å². The average molecular weight is 392 g/mol.